The summed E-state index contributed by atoms with van der Waals surface area (Å²) in [4.78, 5) is 31.5. The zero-order valence-corrected chi connectivity index (χ0v) is 16.7. The van der Waals surface area contributed by atoms with E-state index in [-0.39, 0.29) is 24.5 Å². The third-order valence-electron chi connectivity index (χ3n) is 5.76. The molecule has 2 bridgehead atoms. The van der Waals surface area contributed by atoms with Crippen LogP contribution in [-0.2, 0) is 17.6 Å². The number of hydrogen-bond donors (Lipinski definition) is 0. The first-order valence-electron chi connectivity index (χ1n) is 10.6. The number of ether oxygens (including phenoxy) is 1. The molecule has 1 aliphatic carbocycles. The van der Waals surface area contributed by atoms with Gasteiger partial charge in [0, 0.05) is 5.69 Å². The van der Waals surface area contributed by atoms with E-state index in [0.29, 0.717) is 5.69 Å². The standard InChI is InChI=1S/C22H32N2O3/c1-16(2)19-15-27-22(26)24(19)21(25)20-17-11-9-7-5-3-4-6-8-10-12-18(23-20)14-13-17/h13-14,16,19H,3-12,15H2,1-2H3/t19-/m1/s1. The second kappa shape index (κ2) is 9.34. The Balaban J connectivity index is 1.88. The molecule has 1 saturated heterocycles. The van der Waals surface area contributed by atoms with Gasteiger partial charge in [0.05, 0.1) is 6.04 Å². The molecule has 0 N–H and O–H groups in total. The van der Waals surface area contributed by atoms with Crippen molar-refractivity contribution in [2.45, 2.75) is 84.1 Å². The number of carbonyl (C=O) groups is 2. The minimum Gasteiger partial charge on any atom is -0.447 e. The first-order chi connectivity index (χ1) is 13.1. The second-order valence-corrected chi connectivity index (χ2v) is 8.20. The van der Waals surface area contributed by atoms with E-state index in [9.17, 15) is 9.59 Å². The Kier molecular flexibility index (Phi) is 6.86. The number of rotatable bonds is 2. The molecule has 1 aromatic heterocycles. The van der Waals surface area contributed by atoms with Crippen LogP contribution < -0.4 is 0 Å². The molecule has 27 heavy (non-hydrogen) atoms. The first kappa shape index (κ1) is 19.8. The van der Waals surface area contributed by atoms with Gasteiger partial charge in [-0.05, 0) is 43.2 Å². The zero-order valence-electron chi connectivity index (χ0n) is 16.7. The average Bonchev–Trinajstić information content (AvgIpc) is 3.05. The Morgan fingerprint density at radius 2 is 1.67 bits per heavy atom. The van der Waals surface area contributed by atoms with Crippen LogP contribution in [0.5, 0.6) is 0 Å². The van der Waals surface area contributed by atoms with E-state index in [1.165, 1.54) is 43.4 Å². The molecule has 2 amide bonds. The number of hydrogen-bond acceptors (Lipinski definition) is 4. The third-order valence-corrected chi connectivity index (χ3v) is 5.76. The molecule has 4 rings (SSSR count). The molecule has 5 nitrogen and oxygen atoms in total. The fourth-order valence-corrected chi connectivity index (χ4v) is 4.01. The Morgan fingerprint density at radius 1 is 1.04 bits per heavy atom. The molecule has 3 heterocycles. The predicted octanol–water partition coefficient (Wildman–Crippen LogP) is 4.92. The van der Waals surface area contributed by atoms with E-state index in [2.05, 4.69) is 6.07 Å². The van der Waals surface area contributed by atoms with Crippen LogP contribution in [-0.4, -0.2) is 34.5 Å². The number of cyclic esters (lactones) is 1. The van der Waals surface area contributed by atoms with Crippen molar-refractivity contribution < 1.29 is 14.3 Å². The molecule has 1 atom stereocenters. The summed E-state index contributed by atoms with van der Waals surface area (Å²) in [6.07, 6.45) is 10.9. The quantitative estimate of drug-likeness (QED) is 0.739. The lowest BCUT2D eigenvalue weighted by atomic mass is 9.99. The molecule has 1 aromatic rings. The molecule has 0 radical (unpaired) electrons. The maximum Gasteiger partial charge on any atom is 0.417 e. The summed E-state index contributed by atoms with van der Waals surface area (Å²) in [5.74, 6) is -0.134. The Bertz CT molecular complexity index is 672. The lowest BCUT2D eigenvalue weighted by Gasteiger charge is -2.23. The van der Waals surface area contributed by atoms with Gasteiger partial charge in [-0.1, -0.05) is 58.4 Å². The second-order valence-electron chi connectivity index (χ2n) is 8.20. The number of carbonyl (C=O) groups excluding carboxylic acids is 2. The van der Waals surface area contributed by atoms with E-state index >= 15 is 0 Å². The van der Waals surface area contributed by atoms with E-state index in [4.69, 9.17) is 9.72 Å². The summed E-state index contributed by atoms with van der Waals surface area (Å²) in [6, 6.07) is 3.89. The maximum atomic E-state index is 13.3. The summed E-state index contributed by atoms with van der Waals surface area (Å²) in [5.41, 5.74) is 2.37. The molecular formula is C22H32N2O3. The van der Waals surface area contributed by atoms with E-state index in [0.717, 1.165) is 36.9 Å². The third kappa shape index (κ3) is 4.88. The van der Waals surface area contributed by atoms with Crippen molar-refractivity contribution in [3.8, 4) is 0 Å². The highest BCUT2D eigenvalue weighted by molar-refractivity contribution is 6.03. The minimum absolute atomic E-state index is 0.157. The number of aryl methyl sites for hydroxylation is 2. The molecule has 0 unspecified atom stereocenters. The number of fused-ring (bicyclic) bond motifs is 11. The van der Waals surface area contributed by atoms with Crippen LogP contribution in [0.4, 0.5) is 4.79 Å². The predicted molar refractivity (Wildman–Crippen MR) is 105 cm³/mol. The largest absolute Gasteiger partial charge is 0.447 e. The van der Waals surface area contributed by atoms with Crippen LogP contribution in [0.3, 0.4) is 0 Å². The van der Waals surface area contributed by atoms with Crippen LogP contribution in [0.25, 0.3) is 0 Å². The number of pyridine rings is 1. The summed E-state index contributed by atoms with van der Waals surface area (Å²) >= 11 is 0. The molecule has 148 valence electrons. The smallest absolute Gasteiger partial charge is 0.417 e. The number of nitrogens with zero attached hydrogens (tertiary/aromatic N) is 2. The minimum atomic E-state index is -0.536. The highest BCUT2D eigenvalue weighted by Crippen LogP contribution is 2.24. The SMILES string of the molecule is CC(C)[C@H]1COC(=O)N1C(=O)c1nc2ccc1CCCCCCCCCC2. The number of amides is 2. The molecule has 0 spiro atoms. The normalized spacial score (nSPS) is 22.0. The van der Waals surface area contributed by atoms with Crippen molar-refractivity contribution in [3.05, 3.63) is 29.1 Å². The molecule has 1 fully saturated rings. The van der Waals surface area contributed by atoms with Gasteiger partial charge in [-0.3, -0.25) is 4.79 Å². The van der Waals surface area contributed by atoms with Crippen molar-refractivity contribution in [1.29, 1.82) is 0 Å². The van der Waals surface area contributed by atoms with Crippen molar-refractivity contribution in [2.75, 3.05) is 6.61 Å². The van der Waals surface area contributed by atoms with Gasteiger partial charge in [-0.2, -0.15) is 0 Å². The van der Waals surface area contributed by atoms with Crippen molar-refractivity contribution >= 4 is 12.0 Å². The van der Waals surface area contributed by atoms with Crippen molar-refractivity contribution in [1.82, 2.24) is 9.88 Å². The summed E-state index contributed by atoms with van der Waals surface area (Å²) in [5, 5.41) is 0. The maximum absolute atomic E-state index is 13.3. The summed E-state index contributed by atoms with van der Waals surface area (Å²) in [7, 11) is 0. The van der Waals surface area contributed by atoms with Gasteiger partial charge in [0.1, 0.15) is 12.3 Å². The van der Waals surface area contributed by atoms with E-state index in [1.807, 2.05) is 19.9 Å². The Labute approximate surface area is 162 Å². The summed E-state index contributed by atoms with van der Waals surface area (Å²) in [6.45, 7) is 4.30. The van der Waals surface area contributed by atoms with Crippen LogP contribution >= 0.6 is 0 Å². The van der Waals surface area contributed by atoms with Crippen LogP contribution in [0.15, 0.2) is 12.1 Å². The van der Waals surface area contributed by atoms with Crippen LogP contribution in [0.2, 0.25) is 0 Å². The van der Waals surface area contributed by atoms with Gasteiger partial charge >= 0.3 is 6.09 Å². The molecule has 0 aromatic carbocycles. The zero-order chi connectivity index (χ0) is 19.2. The first-order valence-corrected chi connectivity index (χ1v) is 10.6. The molecule has 5 heteroatoms. The van der Waals surface area contributed by atoms with Crippen molar-refractivity contribution in [2.24, 2.45) is 5.92 Å². The Hall–Kier alpha value is -1.91. The van der Waals surface area contributed by atoms with Gasteiger partial charge in [0.15, 0.2) is 0 Å². The van der Waals surface area contributed by atoms with Crippen LogP contribution in [0.1, 0.15) is 87.0 Å². The topological polar surface area (TPSA) is 59.5 Å². The fourth-order valence-electron chi connectivity index (χ4n) is 4.01. The Morgan fingerprint density at radius 3 is 2.33 bits per heavy atom. The number of imide groups is 1. The molecular weight excluding hydrogens is 340 g/mol. The number of aromatic nitrogens is 1. The molecule has 3 aliphatic rings. The molecule has 0 saturated carbocycles. The average molecular weight is 373 g/mol. The van der Waals surface area contributed by atoms with Gasteiger partial charge in [0.25, 0.3) is 5.91 Å². The fraction of sp³-hybridized carbons (Fsp3) is 0.682. The highest BCUT2D eigenvalue weighted by atomic mass is 16.6. The monoisotopic (exact) mass is 372 g/mol. The van der Waals surface area contributed by atoms with E-state index in [1.54, 1.807) is 0 Å². The van der Waals surface area contributed by atoms with Gasteiger partial charge in [-0.25, -0.2) is 14.7 Å². The van der Waals surface area contributed by atoms with Gasteiger partial charge < -0.3 is 4.74 Å². The highest BCUT2D eigenvalue weighted by Gasteiger charge is 2.41. The summed E-state index contributed by atoms with van der Waals surface area (Å²) < 4.78 is 5.18. The molecule has 2 aliphatic heterocycles. The van der Waals surface area contributed by atoms with Crippen molar-refractivity contribution in [3.63, 3.8) is 0 Å². The lowest BCUT2D eigenvalue weighted by Crippen LogP contribution is -2.42. The van der Waals surface area contributed by atoms with Gasteiger partial charge in [-0.15, -0.1) is 0 Å². The van der Waals surface area contributed by atoms with Crippen LogP contribution in [0, 0.1) is 5.92 Å². The van der Waals surface area contributed by atoms with Gasteiger partial charge in [0.2, 0.25) is 0 Å². The van der Waals surface area contributed by atoms with E-state index < -0.39 is 6.09 Å². The lowest BCUT2D eigenvalue weighted by molar-refractivity contribution is 0.0744.